The molecule has 0 aromatic heterocycles. The molecule has 2 rings (SSSR count). The number of hydrogen-bond donors (Lipinski definition) is 1. The van der Waals surface area contributed by atoms with Crippen LogP contribution in [0.1, 0.15) is 51.3 Å². The number of methoxy groups -OCH3 is 1. The fourth-order valence-corrected chi connectivity index (χ4v) is 3.55. The molecule has 2 aromatic rings. The lowest BCUT2D eigenvalue weighted by Gasteiger charge is -2.29. The van der Waals surface area contributed by atoms with Crippen molar-refractivity contribution in [3.8, 4) is 5.75 Å². The van der Waals surface area contributed by atoms with E-state index in [1.54, 1.807) is 63.8 Å². The molecule has 0 fully saturated rings. The number of benzene rings is 2. The second-order valence-electron chi connectivity index (χ2n) is 10.8. The monoisotopic (exact) mass is 592 g/mol. The van der Waals surface area contributed by atoms with Crippen LogP contribution in [-0.2, 0) is 38.0 Å². The van der Waals surface area contributed by atoms with Crippen molar-refractivity contribution in [1.82, 2.24) is 4.90 Å². The predicted octanol–water partition coefficient (Wildman–Crippen LogP) is 6.31. The molecule has 0 atom stereocenters. The van der Waals surface area contributed by atoms with Gasteiger partial charge in [-0.3, -0.25) is 9.69 Å². The van der Waals surface area contributed by atoms with E-state index in [4.69, 9.17) is 14.2 Å². The Bertz CT molecular complexity index is 1190. The van der Waals surface area contributed by atoms with Crippen LogP contribution in [0.3, 0.4) is 0 Å². The van der Waals surface area contributed by atoms with Crippen LogP contribution in [0.4, 0.5) is 32.0 Å². The van der Waals surface area contributed by atoms with E-state index in [0.29, 0.717) is 23.4 Å². The normalized spacial score (nSPS) is 12.8. The SMILES string of the molecule is COCCN(CC(=O)Nc1ccc(C(F)(F)F)cc1C(F)(F)F)Cc1ccc(OC(C)(C)C(=O)OC(C)(C)C)cc1. The molecule has 0 aliphatic carbocycles. The molecule has 0 radical (unpaired) electrons. The molecule has 7 nitrogen and oxygen atoms in total. The van der Waals surface area contributed by atoms with E-state index in [1.165, 1.54) is 7.11 Å². The number of ether oxygens (including phenoxy) is 3. The highest BCUT2D eigenvalue weighted by Crippen LogP contribution is 2.39. The van der Waals surface area contributed by atoms with Crippen molar-refractivity contribution in [2.24, 2.45) is 0 Å². The minimum Gasteiger partial charge on any atom is -0.476 e. The first kappa shape index (κ1) is 33.9. The molecule has 1 N–H and O–H groups in total. The van der Waals surface area contributed by atoms with Crippen molar-refractivity contribution in [1.29, 1.82) is 0 Å². The van der Waals surface area contributed by atoms with Crippen LogP contribution in [0.15, 0.2) is 42.5 Å². The van der Waals surface area contributed by atoms with Gasteiger partial charge in [0.15, 0.2) is 5.60 Å². The van der Waals surface area contributed by atoms with E-state index in [9.17, 15) is 35.9 Å². The molecule has 0 aliphatic rings. The van der Waals surface area contributed by atoms with E-state index in [1.807, 2.05) is 0 Å². The first-order valence-corrected chi connectivity index (χ1v) is 12.5. The lowest BCUT2D eigenvalue weighted by Crippen LogP contribution is -2.43. The Balaban J connectivity index is 2.13. The molecule has 0 spiro atoms. The van der Waals surface area contributed by atoms with Crippen molar-refractivity contribution < 1.29 is 50.1 Å². The van der Waals surface area contributed by atoms with Crippen molar-refractivity contribution >= 4 is 17.6 Å². The van der Waals surface area contributed by atoms with E-state index < -0.39 is 52.2 Å². The summed E-state index contributed by atoms with van der Waals surface area (Å²) in [5.41, 5.74) is -5.12. The Kier molecular flexibility index (Phi) is 10.8. The Morgan fingerprint density at radius 1 is 0.878 bits per heavy atom. The van der Waals surface area contributed by atoms with E-state index in [0.717, 1.165) is 0 Å². The number of amides is 1. The number of nitrogens with zero attached hydrogens (tertiary/aromatic N) is 1. The number of carbonyl (C=O) groups excluding carboxylic acids is 2. The van der Waals surface area contributed by atoms with Gasteiger partial charge in [-0.2, -0.15) is 26.3 Å². The first-order chi connectivity index (χ1) is 18.7. The largest absolute Gasteiger partial charge is 0.476 e. The zero-order chi connectivity index (χ0) is 31.2. The molecule has 1 amide bonds. The summed E-state index contributed by atoms with van der Waals surface area (Å²) in [6.07, 6.45) is -10.1. The average molecular weight is 593 g/mol. The Morgan fingerprint density at radius 2 is 1.49 bits per heavy atom. The standard InChI is InChI=1S/C28H34F6N2O5/c1-25(2,3)41-24(38)26(4,5)40-20-10-7-18(8-11-20)16-36(13-14-39-6)17-23(37)35-22-12-9-19(27(29,30)31)15-21(22)28(32,33)34/h7-12,15H,13-14,16-17H2,1-6H3,(H,35,37). The number of rotatable bonds is 11. The summed E-state index contributed by atoms with van der Waals surface area (Å²) in [6, 6.07) is 7.64. The topological polar surface area (TPSA) is 77.1 Å². The zero-order valence-corrected chi connectivity index (χ0v) is 23.6. The van der Waals surface area contributed by atoms with Gasteiger partial charge in [-0.25, -0.2) is 4.79 Å². The van der Waals surface area contributed by atoms with Crippen LogP contribution >= 0.6 is 0 Å². The van der Waals surface area contributed by atoms with E-state index >= 15 is 0 Å². The summed E-state index contributed by atoms with van der Waals surface area (Å²) in [5.74, 6) is -1.02. The Morgan fingerprint density at radius 3 is 2.00 bits per heavy atom. The highest BCUT2D eigenvalue weighted by Gasteiger charge is 2.39. The van der Waals surface area contributed by atoms with Gasteiger partial charge in [-0.1, -0.05) is 12.1 Å². The summed E-state index contributed by atoms with van der Waals surface area (Å²) in [4.78, 5) is 26.7. The van der Waals surface area contributed by atoms with Crippen LogP contribution in [0, 0.1) is 0 Å². The van der Waals surface area contributed by atoms with Crippen molar-refractivity contribution in [2.75, 3.05) is 32.1 Å². The molecular formula is C28H34F6N2O5. The smallest absolute Gasteiger partial charge is 0.418 e. The Labute approximate surface area is 234 Å². The molecule has 0 saturated heterocycles. The number of alkyl halides is 6. The fraction of sp³-hybridized carbons (Fsp3) is 0.500. The summed E-state index contributed by atoms with van der Waals surface area (Å²) >= 11 is 0. The minimum absolute atomic E-state index is 0.0357. The molecule has 228 valence electrons. The second-order valence-corrected chi connectivity index (χ2v) is 10.8. The highest BCUT2D eigenvalue weighted by atomic mass is 19.4. The number of halogens is 6. The molecule has 0 heterocycles. The summed E-state index contributed by atoms with van der Waals surface area (Å²) in [7, 11) is 1.44. The number of hydrogen-bond acceptors (Lipinski definition) is 6. The summed E-state index contributed by atoms with van der Waals surface area (Å²) < 4.78 is 95.4. The third-order valence-corrected chi connectivity index (χ3v) is 5.50. The number of esters is 1. The number of carbonyl (C=O) groups is 2. The van der Waals surface area contributed by atoms with Crippen LogP contribution in [0.25, 0.3) is 0 Å². The summed E-state index contributed by atoms with van der Waals surface area (Å²) in [6.45, 7) is 8.61. The van der Waals surface area contributed by atoms with Crippen molar-refractivity contribution in [3.05, 3.63) is 59.2 Å². The molecular weight excluding hydrogens is 558 g/mol. The molecule has 13 heteroatoms. The molecule has 2 aromatic carbocycles. The zero-order valence-electron chi connectivity index (χ0n) is 23.6. The van der Waals surface area contributed by atoms with Crippen LogP contribution in [0.2, 0.25) is 0 Å². The van der Waals surface area contributed by atoms with Gasteiger partial charge in [0.25, 0.3) is 0 Å². The lowest BCUT2D eigenvalue weighted by molar-refractivity contribution is -0.171. The lowest BCUT2D eigenvalue weighted by atomic mass is 10.1. The van der Waals surface area contributed by atoms with E-state index in [2.05, 4.69) is 5.32 Å². The van der Waals surface area contributed by atoms with E-state index in [-0.39, 0.29) is 32.3 Å². The predicted molar refractivity (Wildman–Crippen MR) is 139 cm³/mol. The third-order valence-electron chi connectivity index (χ3n) is 5.50. The van der Waals surface area contributed by atoms with Gasteiger partial charge in [0.05, 0.1) is 30.0 Å². The molecule has 0 unspecified atom stereocenters. The van der Waals surface area contributed by atoms with Gasteiger partial charge < -0.3 is 19.5 Å². The second kappa shape index (κ2) is 13.1. The van der Waals surface area contributed by atoms with Crippen LogP contribution < -0.4 is 10.1 Å². The molecule has 41 heavy (non-hydrogen) atoms. The maximum absolute atomic E-state index is 13.5. The maximum Gasteiger partial charge on any atom is 0.418 e. The minimum atomic E-state index is -5.12. The first-order valence-electron chi connectivity index (χ1n) is 12.5. The number of anilines is 1. The van der Waals surface area contributed by atoms with Gasteiger partial charge in [0.1, 0.15) is 11.4 Å². The van der Waals surface area contributed by atoms with Gasteiger partial charge >= 0.3 is 18.3 Å². The van der Waals surface area contributed by atoms with Gasteiger partial charge in [0, 0.05) is 20.2 Å². The average Bonchev–Trinajstić information content (AvgIpc) is 2.81. The molecule has 0 bridgehead atoms. The Hall–Kier alpha value is -3.32. The van der Waals surface area contributed by atoms with Crippen LogP contribution in [-0.4, -0.2) is 54.8 Å². The highest BCUT2D eigenvalue weighted by molar-refractivity contribution is 5.93. The summed E-state index contributed by atoms with van der Waals surface area (Å²) in [5, 5.41) is 2.08. The molecule has 0 saturated carbocycles. The molecule has 0 aliphatic heterocycles. The quantitative estimate of drug-likeness (QED) is 0.244. The van der Waals surface area contributed by atoms with Crippen molar-refractivity contribution in [2.45, 2.75) is 64.7 Å². The fourth-order valence-electron chi connectivity index (χ4n) is 3.55. The van der Waals surface area contributed by atoms with Crippen molar-refractivity contribution in [3.63, 3.8) is 0 Å². The third kappa shape index (κ3) is 10.9. The maximum atomic E-state index is 13.5. The van der Waals surface area contributed by atoms with Gasteiger partial charge in [0.2, 0.25) is 5.91 Å². The number of nitrogens with one attached hydrogen (secondary N) is 1. The van der Waals surface area contributed by atoms with Gasteiger partial charge in [-0.05, 0) is 70.5 Å². The van der Waals surface area contributed by atoms with Gasteiger partial charge in [-0.15, -0.1) is 0 Å². The van der Waals surface area contributed by atoms with Crippen LogP contribution in [0.5, 0.6) is 5.75 Å².